The Morgan fingerprint density at radius 1 is 1.04 bits per heavy atom. The highest BCUT2D eigenvalue weighted by molar-refractivity contribution is 6.09. The zero-order valence-electron chi connectivity index (χ0n) is 14.0. The maximum Gasteiger partial charge on any atom is 0.101 e. The van der Waals surface area contributed by atoms with Crippen LogP contribution in [0.15, 0.2) is 66.9 Å². The lowest BCUT2D eigenvalue weighted by Gasteiger charge is -2.03. The average Bonchev–Trinajstić information content (AvgIpc) is 3.00. The fraction of sp³-hybridized carbons (Fsp3) is 0.0909. The third kappa shape index (κ3) is 2.58. The minimum absolute atomic E-state index is 0.569. The number of fused-ring (bicyclic) bond motifs is 3. The van der Waals surface area contributed by atoms with E-state index < -0.39 is 0 Å². The molecule has 2 aromatic heterocycles. The van der Waals surface area contributed by atoms with Crippen LogP contribution in [0.3, 0.4) is 0 Å². The molecule has 0 atom stereocenters. The zero-order valence-corrected chi connectivity index (χ0v) is 14.0. The van der Waals surface area contributed by atoms with Crippen LogP contribution < -0.4 is 0 Å². The number of pyridine rings is 1. The summed E-state index contributed by atoms with van der Waals surface area (Å²) in [5, 5.41) is 12.0. The predicted octanol–water partition coefficient (Wildman–Crippen LogP) is 5.27. The maximum atomic E-state index is 9.51. The van der Waals surface area contributed by atoms with Crippen molar-refractivity contribution in [1.82, 2.24) is 9.55 Å². The van der Waals surface area contributed by atoms with Crippen LogP contribution in [0, 0.1) is 11.3 Å². The lowest BCUT2D eigenvalue weighted by molar-refractivity contribution is 0.827. The molecular weight excluding hydrogens is 306 g/mol. The molecule has 0 fully saturated rings. The summed E-state index contributed by atoms with van der Waals surface area (Å²) >= 11 is 0. The molecule has 0 aliphatic carbocycles. The molecule has 0 aliphatic heterocycles. The van der Waals surface area contributed by atoms with Gasteiger partial charge in [0.05, 0.1) is 11.3 Å². The molecule has 2 aromatic carbocycles. The van der Waals surface area contributed by atoms with Gasteiger partial charge in [0, 0.05) is 34.5 Å². The van der Waals surface area contributed by atoms with E-state index in [0.717, 1.165) is 12.1 Å². The lowest BCUT2D eigenvalue weighted by Crippen LogP contribution is -1.92. The smallest absolute Gasteiger partial charge is 0.101 e. The molecule has 120 valence electrons. The Bertz CT molecular complexity index is 1130. The first-order valence-corrected chi connectivity index (χ1v) is 8.36. The number of benzene rings is 2. The van der Waals surface area contributed by atoms with E-state index in [4.69, 9.17) is 0 Å². The van der Waals surface area contributed by atoms with Crippen LogP contribution in [0.1, 0.15) is 18.2 Å². The van der Waals surface area contributed by atoms with Crippen LogP contribution in [0.5, 0.6) is 0 Å². The van der Waals surface area contributed by atoms with Gasteiger partial charge in [-0.05, 0) is 48.9 Å². The Balaban J connectivity index is 1.91. The van der Waals surface area contributed by atoms with Crippen LogP contribution in [0.25, 0.3) is 33.5 Å². The van der Waals surface area contributed by atoms with Gasteiger partial charge < -0.3 is 4.57 Å². The topological polar surface area (TPSA) is 41.6 Å². The van der Waals surface area contributed by atoms with Crippen molar-refractivity contribution < 1.29 is 0 Å². The molecule has 0 radical (unpaired) electrons. The molecule has 0 saturated carbocycles. The number of nitrogens with zero attached hydrogens (tertiary/aromatic N) is 3. The molecule has 0 spiro atoms. The number of aryl methyl sites for hydroxylation is 1. The molecule has 2 heterocycles. The Labute approximate surface area is 146 Å². The SMILES string of the molecule is CCn1c2ccccc2c2cc(C=C(C#N)c3ccccn3)ccc21. The Hall–Kier alpha value is -3.38. The summed E-state index contributed by atoms with van der Waals surface area (Å²) in [6, 6.07) is 22.7. The fourth-order valence-corrected chi connectivity index (χ4v) is 3.35. The van der Waals surface area contributed by atoms with E-state index in [1.165, 1.54) is 21.8 Å². The third-order valence-corrected chi connectivity index (χ3v) is 4.48. The van der Waals surface area contributed by atoms with Gasteiger partial charge in [0.25, 0.3) is 0 Å². The van der Waals surface area contributed by atoms with Crippen LogP contribution >= 0.6 is 0 Å². The molecule has 0 unspecified atom stereocenters. The molecule has 0 aliphatic rings. The van der Waals surface area contributed by atoms with Crippen LogP contribution in [0.4, 0.5) is 0 Å². The van der Waals surface area contributed by atoms with Gasteiger partial charge in [-0.2, -0.15) is 5.26 Å². The molecule has 0 bridgehead atoms. The lowest BCUT2D eigenvalue weighted by atomic mass is 10.1. The van der Waals surface area contributed by atoms with Crippen molar-refractivity contribution in [2.24, 2.45) is 0 Å². The van der Waals surface area contributed by atoms with Crippen molar-refractivity contribution >= 4 is 33.5 Å². The number of nitriles is 1. The second-order valence-corrected chi connectivity index (χ2v) is 5.92. The van der Waals surface area contributed by atoms with Crippen molar-refractivity contribution in [2.45, 2.75) is 13.5 Å². The Morgan fingerprint density at radius 2 is 1.84 bits per heavy atom. The van der Waals surface area contributed by atoms with Crippen molar-refractivity contribution in [3.05, 3.63) is 78.1 Å². The minimum atomic E-state index is 0.569. The van der Waals surface area contributed by atoms with Crippen molar-refractivity contribution in [1.29, 1.82) is 5.26 Å². The second kappa shape index (κ2) is 6.26. The van der Waals surface area contributed by atoms with E-state index in [1.807, 2.05) is 24.3 Å². The molecule has 3 heteroatoms. The van der Waals surface area contributed by atoms with Gasteiger partial charge in [-0.15, -0.1) is 0 Å². The van der Waals surface area contributed by atoms with E-state index in [0.29, 0.717) is 11.3 Å². The summed E-state index contributed by atoms with van der Waals surface area (Å²) in [5.41, 5.74) is 4.73. The molecule has 0 N–H and O–H groups in total. The van der Waals surface area contributed by atoms with Gasteiger partial charge in [0.1, 0.15) is 6.07 Å². The summed E-state index contributed by atoms with van der Waals surface area (Å²) in [5.74, 6) is 0. The van der Waals surface area contributed by atoms with Crippen LogP contribution in [0.2, 0.25) is 0 Å². The van der Waals surface area contributed by atoms with Gasteiger partial charge in [-0.1, -0.05) is 30.3 Å². The van der Waals surface area contributed by atoms with Gasteiger partial charge in [-0.25, -0.2) is 0 Å². The summed E-state index contributed by atoms with van der Waals surface area (Å²) < 4.78 is 2.32. The average molecular weight is 323 g/mol. The summed E-state index contributed by atoms with van der Waals surface area (Å²) in [6.45, 7) is 3.09. The molecule has 4 rings (SSSR count). The highest BCUT2D eigenvalue weighted by Gasteiger charge is 2.10. The number of para-hydroxylation sites is 1. The van der Waals surface area contributed by atoms with Crippen LogP contribution in [-0.4, -0.2) is 9.55 Å². The van der Waals surface area contributed by atoms with E-state index in [2.05, 4.69) is 65.0 Å². The summed E-state index contributed by atoms with van der Waals surface area (Å²) in [7, 11) is 0. The van der Waals surface area contributed by atoms with Crippen molar-refractivity contribution in [2.75, 3.05) is 0 Å². The minimum Gasteiger partial charge on any atom is -0.341 e. The maximum absolute atomic E-state index is 9.51. The van der Waals surface area contributed by atoms with Gasteiger partial charge in [-0.3, -0.25) is 4.98 Å². The van der Waals surface area contributed by atoms with Crippen molar-refractivity contribution in [3.63, 3.8) is 0 Å². The monoisotopic (exact) mass is 323 g/mol. The van der Waals surface area contributed by atoms with E-state index in [1.54, 1.807) is 6.20 Å². The number of aromatic nitrogens is 2. The Morgan fingerprint density at radius 3 is 2.60 bits per heavy atom. The van der Waals surface area contributed by atoms with E-state index >= 15 is 0 Å². The molecule has 25 heavy (non-hydrogen) atoms. The van der Waals surface area contributed by atoms with Crippen molar-refractivity contribution in [3.8, 4) is 6.07 Å². The fourth-order valence-electron chi connectivity index (χ4n) is 3.35. The number of allylic oxidation sites excluding steroid dienone is 1. The predicted molar refractivity (Wildman–Crippen MR) is 103 cm³/mol. The zero-order chi connectivity index (χ0) is 17.2. The summed E-state index contributed by atoms with van der Waals surface area (Å²) in [6.07, 6.45) is 3.61. The number of hydrogen-bond acceptors (Lipinski definition) is 2. The quantitative estimate of drug-likeness (QED) is 0.482. The normalized spacial score (nSPS) is 11.8. The third-order valence-electron chi connectivity index (χ3n) is 4.48. The van der Waals surface area contributed by atoms with E-state index in [9.17, 15) is 5.26 Å². The second-order valence-electron chi connectivity index (χ2n) is 5.92. The van der Waals surface area contributed by atoms with Gasteiger partial charge in [0.15, 0.2) is 0 Å². The first-order valence-electron chi connectivity index (χ1n) is 8.36. The standard InChI is InChI=1S/C22H17N3/c1-2-25-21-9-4-3-7-18(21)19-14-16(10-11-22(19)25)13-17(15-23)20-8-5-6-12-24-20/h3-14H,2H2,1H3. The Kier molecular flexibility index (Phi) is 3.80. The number of rotatable bonds is 3. The highest BCUT2D eigenvalue weighted by atomic mass is 15.0. The van der Waals surface area contributed by atoms with Crippen LogP contribution in [-0.2, 0) is 6.54 Å². The molecule has 0 saturated heterocycles. The largest absolute Gasteiger partial charge is 0.341 e. The molecule has 4 aromatic rings. The molecule has 0 amide bonds. The summed E-state index contributed by atoms with van der Waals surface area (Å²) in [4.78, 5) is 4.28. The highest BCUT2D eigenvalue weighted by Crippen LogP contribution is 2.30. The van der Waals surface area contributed by atoms with Gasteiger partial charge >= 0.3 is 0 Å². The number of hydrogen-bond donors (Lipinski definition) is 0. The van der Waals surface area contributed by atoms with E-state index in [-0.39, 0.29) is 0 Å². The first kappa shape index (κ1) is 15.2. The first-order chi connectivity index (χ1) is 12.3. The molecular formula is C22H17N3. The molecule has 3 nitrogen and oxygen atoms in total. The van der Waals surface area contributed by atoms with Gasteiger partial charge in [0.2, 0.25) is 0 Å².